The number of carbonyl (C=O) groups excluding carboxylic acids is 1. The van der Waals surface area contributed by atoms with E-state index in [1.54, 1.807) is 30.3 Å². The molecule has 2 aromatic carbocycles. The topological polar surface area (TPSA) is 90.3 Å². The zero-order valence-corrected chi connectivity index (χ0v) is 15.4. The number of nitrogens with one attached hydrogen (secondary N) is 1. The van der Waals surface area contributed by atoms with Crippen molar-refractivity contribution in [2.45, 2.75) is 19.4 Å². The van der Waals surface area contributed by atoms with Crippen LogP contribution >= 0.6 is 0 Å². The molecule has 1 aliphatic heterocycles. The molecule has 1 amide bonds. The van der Waals surface area contributed by atoms with Crippen LogP contribution in [0, 0.1) is 11.3 Å². The Morgan fingerprint density at radius 3 is 2.54 bits per heavy atom. The van der Waals surface area contributed by atoms with Crippen molar-refractivity contribution in [3.05, 3.63) is 64.7 Å². The van der Waals surface area contributed by atoms with Crippen LogP contribution < -0.4 is 9.62 Å². The molecule has 0 radical (unpaired) electrons. The predicted molar refractivity (Wildman–Crippen MR) is 99.4 cm³/mol. The van der Waals surface area contributed by atoms with Gasteiger partial charge in [0.05, 0.1) is 29.6 Å². The van der Waals surface area contributed by atoms with Crippen molar-refractivity contribution in [1.29, 1.82) is 5.26 Å². The molecule has 0 spiro atoms. The number of fused-ring (bicyclic) bond motifs is 1. The Bertz CT molecular complexity index is 992. The molecule has 1 heterocycles. The Morgan fingerprint density at radius 1 is 1.23 bits per heavy atom. The maximum Gasteiger partial charge on any atom is 0.251 e. The highest BCUT2D eigenvalue weighted by Crippen LogP contribution is 2.30. The van der Waals surface area contributed by atoms with Gasteiger partial charge in [0.2, 0.25) is 10.0 Å². The van der Waals surface area contributed by atoms with Crippen molar-refractivity contribution in [1.82, 2.24) is 5.32 Å². The summed E-state index contributed by atoms with van der Waals surface area (Å²) in [7, 11) is -3.30. The van der Waals surface area contributed by atoms with Gasteiger partial charge in [0.15, 0.2) is 0 Å². The van der Waals surface area contributed by atoms with Crippen LogP contribution in [0.5, 0.6) is 0 Å². The van der Waals surface area contributed by atoms with E-state index in [1.165, 1.54) is 10.6 Å². The third-order valence-corrected chi connectivity index (χ3v) is 5.66. The minimum atomic E-state index is -3.30. The van der Waals surface area contributed by atoms with Gasteiger partial charge in [-0.15, -0.1) is 0 Å². The fourth-order valence-electron chi connectivity index (χ4n) is 3.07. The molecule has 0 saturated carbocycles. The van der Waals surface area contributed by atoms with Gasteiger partial charge in [-0.1, -0.05) is 12.1 Å². The summed E-state index contributed by atoms with van der Waals surface area (Å²) in [6.45, 7) is 2.28. The molecular formula is C19H19N3O3S. The van der Waals surface area contributed by atoms with Crippen LogP contribution in [0.2, 0.25) is 0 Å². The molecule has 3 rings (SSSR count). The summed E-state index contributed by atoms with van der Waals surface area (Å²) in [4.78, 5) is 12.5. The molecule has 2 aromatic rings. The van der Waals surface area contributed by atoms with E-state index in [1.807, 2.05) is 19.1 Å². The Kier molecular flexibility index (Phi) is 4.70. The molecule has 134 valence electrons. The van der Waals surface area contributed by atoms with Gasteiger partial charge in [0.1, 0.15) is 0 Å². The van der Waals surface area contributed by atoms with Crippen molar-refractivity contribution >= 4 is 21.6 Å². The van der Waals surface area contributed by atoms with Crippen molar-refractivity contribution < 1.29 is 13.2 Å². The quantitative estimate of drug-likeness (QED) is 0.896. The third kappa shape index (κ3) is 3.55. The van der Waals surface area contributed by atoms with Gasteiger partial charge in [0.25, 0.3) is 5.91 Å². The number of sulfonamides is 1. The van der Waals surface area contributed by atoms with Crippen LogP contribution in [0.15, 0.2) is 42.5 Å². The van der Waals surface area contributed by atoms with E-state index < -0.39 is 10.0 Å². The summed E-state index contributed by atoms with van der Waals surface area (Å²) >= 11 is 0. The molecule has 0 aromatic heterocycles. The van der Waals surface area contributed by atoms with E-state index in [-0.39, 0.29) is 11.9 Å². The number of benzene rings is 2. The lowest BCUT2D eigenvalue weighted by atomic mass is 10.0. The van der Waals surface area contributed by atoms with Crippen molar-refractivity contribution in [3.8, 4) is 6.07 Å². The van der Waals surface area contributed by atoms with Gasteiger partial charge in [-0.25, -0.2) is 8.42 Å². The number of hydrogen-bond acceptors (Lipinski definition) is 4. The minimum Gasteiger partial charge on any atom is -0.346 e. The first-order chi connectivity index (χ1) is 12.3. The highest BCUT2D eigenvalue weighted by atomic mass is 32.2. The smallest absolute Gasteiger partial charge is 0.251 e. The van der Waals surface area contributed by atoms with Gasteiger partial charge in [-0.05, 0) is 54.8 Å². The molecule has 0 aliphatic carbocycles. The van der Waals surface area contributed by atoms with Gasteiger partial charge >= 0.3 is 0 Å². The highest BCUT2D eigenvalue weighted by molar-refractivity contribution is 7.92. The Morgan fingerprint density at radius 2 is 1.92 bits per heavy atom. The summed E-state index contributed by atoms with van der Waals surface area (Å²) in [5.41, 5.74) is 3.47. The second-order valence-electron chi connectivity index (χ2n) is 6.36. The monoisotopic (exact) mass is 369 g/mol. The Labute approximate surface area is 153 Å². The van der Waals surface area contributed by atoms with Crippen LogP contribution in [-0.4, -0.2) is 27.1 Å². The number of hydrogen-bond donors (Lipinski definition) is 1. The molecule has 26 heavy (non-hydrogen) atoms. The fourth-order valence-corrected chi connectivity index (χ4v) is 4.03. The lowest BCUT2D eigenvalue weighted by Gasteiger charge is -2.17. The lowest BCUT2D eigenvalue weighted by Crippen LogP contribution is -2.28. The van der Waals surface area contributed by atoms with E-state index in [2.05, 4.69) is 11.4 Å². The lowest BCUT2D eigenvalue weighted by molar-refractivity contribution is 0.0940. The molecule has 1 N–H and O–H groups in total. The van der Waals surface area contributed by atoms with Crippen LogP contribution in [-0.2, 0) is 16.4 Å². The number of rotatable bonds is 4. The molecular weight excluding hydrogens is 350 g/mol. The first-order valence-electron chi connectivity index (χ1n) is 8.21. The van der Waals surface area contributed by atoms with Crippen LogP contribution in [0.3, 0.4) is 0 Å². The zero-order valence-electron chi connectivity index (χ0n) is 14.6. The first kappa shape index (κ1) is 18.0. The van der Waals surface area contributed by atoms with Crippen LogP contribution in [0.4, 0.5) is 5.69 Å². The minimum absolute atomic E-state index is 0.212. The summed E-state index contributed by atoms with van der Waals surface area (Å²) in [5.74, 6) is -0.220. The molecule has 0 fully saturated rings. The number of nitriles is 1. The normalized spacial score (nSPS) is 14.4. The molecule has 0 bridgehead atoms. The van der Waals surface area contributed by atoms with Crippen LogP contribution in [0.1, 0.15) is 40.0 Å². The Hall–Kier alpha value is -2.85. The van der Waals surface area contributed by atoms with E-state index >= 15 is 0 Å². The highest BCUT2D eigenvalue weighted by Gasteiger charge is 2.26. The number of carbonyl (C=O) groups is 1. The maximum atomic E-state index is 12.5. The van der Waals surface area contributed by atoms with E-state index in [0.29, 0.717) is 29.8 Å². The second kappa shape index (κ2) is 6.81. The fraction of sp³-hybridized carbons (Fsp3) is 0.263. The molecule has 6 nitrogen and oxygen atoms in total. The second-order valence-corrected chi connectivity index (χ2v) is 8.26. The van der Waals surface area contributed by atoms with Crippen molar-refractivity contribution in [2.24, 2.45) is 0 Å². The number of amides is 1. The summed E-state index contributed by atoms with van der Waals surface area (Å²) in [6.07, 6.45) is 1.77. The third-order valence-electron chi connectivity index (χ3n) is 4.48. The molecule has 0 saturated heterocycles. The molecule has 7 heteroatoms. The standard InChI is InChI=1S/C19H19N3O3S/c1-13(15-5-3-14(12-20)4-6-15)21-19(23)17-7-8-18-16(11-17)9-10-22(18)26(2,24)25/h3-8,11,13H,9-10H2,1-2H3,(H,21,23). The first-order valence-corrected chi connectivity index (χ1v) is 10.1. The van der Waals surface area contributed by atoms with Crippen molar-refractivity contribution in [2.75, 3.05) is 17.1 Å². The van der Waals surface area contributed by atoms with Crippen LogP contribution in [0.25, 0.3) is 0 Å². The molecule has 1 aliphatic rings. The van der Waals surface area contributed by atoms with E-state index in [4.69, 9.17) is 5.26 Å². The summed E-state index contributed by atoms with van der Waals surface area (Å²) < 4.78 is 24.9. The number of nitrogens with zero attached hydrogens (tertiary/aromatic N) is 2. The van der Waals surface area contributed by atoms with E-state index in [9.17, 15) is 13.2 Å². The predicted octanol–water partition coefficient (Wildman–Crippen LogP) is 2.37. The zero-order chi connectivity index (χ0) is 18.9. The summed E-state index contributed by atoms with van der Waals surface area (Å²) in [6, 6.07) is 14.0. The van der Waals surface area contributed by atoms with Gasteiger partial charge in [0, 0.05) is 12.1 Å². The maximum absolute atomic E-state index is 12.5. The van der Waals surface area contributed by atoms with Gasteiger partial charge in [-0.2, -0.15) is 5.26 Å². The Balaban J connectivity index is 1.75. The SMILES string of the molecule is CC(NC(=O)c1ccc2c(c1)CCN2S(C)(=O)=O)c1ccc(C#N)cc1. The van der Waals surface area contributed by atoms with Crippen molar-refractivity contribution in [3.63, 3.8) is 0 Å². The van der Waals surface area contributed by atoms with E-state index in [0.717, 1.165) is 11.1 Å². The molecule has 1 unspecified atom stereocenters. The van der Waals surface area contributed by atoms with Gasteiger partial charge in [-0.3, -0.25) is 9.10 Å². The van der Waals surface area contributed by atoms with Gasteiger partial charge < -0.3 is 5.32 Å². The summed E-state index contributed by atoms with van der Waals surface area (Å²) in [5, 5.41) is 11.8. The number of anilines is 1. The largest absolute Gasteiger partial charge is 0.346 e. The average molecular weight is 369 g/mol. The average Bonchev–Trinajstić information content (AvgIpc) is 3.05. The molecule has 1 atom stereocenters.